The first-order valence-corrected chi connectivity index (χ1v) is 6.27. The van der Waals surface area contributed by atoms with Crippen molar-refractivity contribution in [2.45, 2.75) is 57.9 Å². The highest BCUT2D eigenvalue weighted by Crippen LogP contribution is 2.25. The van der Waals surface area contributed by atoms with E-state index in [2.05, 4.69) is 5.32 Å². The molecule has 1 fully saturated rings. The van der Waals surface area contributed by atoms with E-state index in [9.17, 15) is 4.79 Å². The van der Waals surface area contributed by atoms with Crippen LogP contribution in [0.5, 0.6) is 0 Å². The molecule has 3 N–H and O–H groups in total. The average Bonchev–Trinajstić information content (AvgIpc) is 2.29. The molecular formula is C12H24N2O. The predicted octanol–water partition coefficient (Wildman–Crippen LogP) is 1.81. The van der Waals surface area contributed by atoms with Gasteiger partial charge in [-0.2, -0.15) is 0 Å². The molecule has 15 heavy (non-hydrogen) atoms. The van der Waals surface area contributed by atoms with Crippen LogP contribution >= 0.6 is 0 Å². The predicted molar refractivity (Wildman–Crippen MR) is 62.5 cm³/mol. The monoisotopic (exact) mass is 212 g/mol. The highest BCUT2D eigenvalue weighted by atomic mass is 16.2. The lowest BCUT2D eigenvalue weighted by atomic mass is 9.87. The molecule has 88 valence electrons. The molecule has 0 radical (unpaired) electrons. The summed E-state index contributed by atoms with van der Waals surface area (Å²) in [6.07, 6.45) is 8.66. The molecule has 0 spiro atoms. The number of carbonyl (C=O) groups excluding carboxylic acids is 1. The van der Waals surface area contributed by atoms with Crippen LogP contribution in [-0.4, -0.2) is 18.5 Å². The van der Waals surface area contributed by atoms with Gasteiger partial charge in [-0.25, -0.2) is 0 Å². The standard InChI is InChI=1S/C12H24N2O/c1-2-11(13)12(15)14-9-8-10-6-4-3-5-7-10/h10-11H,2-9,13H2,1H3,(H,14,15)/t11-/m0/s1. The van der Waals surface area contributed by atoms with Crippen molar-refractivity contribution in [3.8, 4) is 0 Å². The molecule has 0 bridgehead atoms. The van der Waals surface area contributed by atoms with Gasteiger partial charge >= 0.3 is 0 Å². The third kappa shape index (κ3) is 4.65. The normalized spacial score (nSPS) is 19.9. The van der Waals surface area contributed by atoms with E-state index in [0.717, 1.165) is 25.3 Å². The summed E-state index contributed by atoms with van der Waals surface area (Å²) in [5.74, 6) is 0.838. The van der Waals surface area contributed by atoms with Crippen molar-refractivity contribution in [2.24, 2.45) is 11.7 Å². The fraction of sp³-hybridized carbons (Fsp3) is 0.917. The Morgan fingerprint density at radius 3 is 2.67 bits per heavy atom. The van der Waals surface area contributed by atoms with E-state index in [-0.39, 0.29) is 11.9 Å². The molecule has 1 amide bonds. The van der Waals surface area contributed by atoms with Crippen molar-refractivity contribution in [3.63, 3.8) is 0 Å². The van der Waals surface area contributed by atoms with Crippen molar-refractivity contribution in [1.82, 2.24) is 5.32 Å². The van der Waals surface area contributed by atoms with Gasteiger partial charge in [0.05, 0.1) is 6.04 Å². The lowest BCUT2D eigenvalue weighted by Crippen LogP contribution is -2.40. The van der Waals surface area contributed by atoms with E-state index in [1.165, 1.54) is 32.1 Å². The molecule has 1 rings (SSSR count). The molecule has 1 aliphatic rings. The highest BCUT2D eigenvalue weighted by molar-refractivity contribution is 5.81. The van der Waals surface area contributed by atoms with Gasteiger partial charge in [-0.15, -0.1) is 0 Å². The van der Waals surface area contributed by atoms with E-state index < -0.39 is 0 Å². The van der Waals surface area contributed by atoms with Crippen LogP contribution in [0.4, 0.5) is 0 Å². The van der Waals surface area contributed by atoms with E-state index in [1.54, 1.807) is 0 Å². The zero-order chi connectivity index (χ0) is 11.1. The van der Waals surface area contributed by atoms with E-state index in [4.69, 9.17) is 5.73 Å². The lowest BCUT2D eigenvalue weighted by Gasteiger charge is -2.21. The zero-order valence-corrected chi connectivity index (χ0v) is 9.80. The molecule has 0 aromatic carbocycles. The summed E-state index contributed by atoms with van der Waals surface area (Å²) >= 11 is 0. The summed E-state index contributed by atoms with van der Waals surface area (Å²) in [7, 11) is 0. The Balaban J connectivity index is 2.07. The Labute approximate surface area is 92.8 Å². The fourth-order valence-corrected chi connectivity index (χ4v) is 2.19. The molecular weight excluding hydrogens is 188 g/mol. The van der Waals surface area contributed by atoms with Crippen molar-refractivity contribution < 1.29 is 4.79 Å². The van der Waals surface area contributed by atoms with Crippen molar-refractivity contribution in [1.29, 1.82) is 0 Å². The van der Waals surface area contributed by atoms with Crippen LogP contribution in [0.2, 0.25) is 0 Å². The average molecular weight is 212 g/mol. The first-order chi connectivity index (χ1) is 7.24. The van der Waals surface area contributed by atoms with E-state index in [0.29, 0.717) is 0 Å². The number of rotatable bonds is 5. The van der Waals surface area contributed by atoms with Gasteiger partial charge in [-0.05, 0) is 18.8 Å². The summed E-state index contributed by atoms with van der Waals surface area (Å²) in [5.41, 5.74) is 5.62. The summed E-state index contributed by atoms with van der Waals surface area (Å²) < 4.78 is 0. The van der Waals surface area contributed by atoms with E-state index >= 15 is 0 Å². The molecule has 3 nitrogen and oxygen atoms in total. The summed E-state index contributed by atoms with van der Waals surface area (Å²) in [5, 5.41) is 2.92. The van der Waals surface area contributed by atoms with Crippen LogP contribution in [-0.2, 0) is 4.79 Å². The van der Waals surface area contributed by atoms with Crippen LogP contribution < -0.4 is 11.1 Å². The van der Waals surface area contributed by atoms with Crippen LogP contribution in [0.1, 0.15) is 51.9 Å². The fourth-order valence-electron chi connectivity index (χ4n) is 2.19. The third-order valence-electron chi connectivity index (χ3n) is 3.35. The maximum absolute atomic E-state index is 11.4. The van der Waals surface area contributed by atoms with Crippen molar-refractivity contribution in [3.05, 3.63) is 0 Å². The Morgan fingerprint density at radius 1 is 1.40 bits per heavy atom. The maximum atomic E-state index is 11.4. The van der Waals surface area contributed by atoms with Crippen LogP contribution in [0.15, 0.2) is 0 Å². The zero-order valence-electron chi connectivity index (χ0n) is 9.80. The molecule has 1 aliphatic carbocycles. The number of carbonyl (C=O) groups is 1. The van der Waals surface area contributed by atoms with Crippen LogP contribution in [0.25, 0.3) is 0 Å². The molecule has 0 heterocycles. The highest BCUT2D eigenvalue weighted by Gasteiger charge is 2.14. The number of hydrogen-bond acceptors (Lipinski definition) is 2. The van der Waals surface area contributed by atoms with Gasteiger partial charge < -0.3 is 11.1 Å². The molecule has 1 atom stereocenters. The summed E-state index contributed by atoms with van der Waals surface area (Å²) in [6, 6.07) is -0.323. The largest absolute Gasteiger partial charge is 0.355 e. The maximum Gasteiger partial charge on any atom is 0.236 e. The number of nitrogens with one attached hydrogen (secondary N) is 1. The van der Waals surface area contributed by atoms with Gasteiger partial charge in [0, 0.05) is 6.54 Å². The van der Waals surface area contributed by atoms with Crippen molar-refractivity contribution in [2.75, 3.05) is 6.54 Å². The second-order valence-corrected chi connectivity index (χ2v) is 4.60. The first-order valence-electron chi connectivity index (χ1n) is 6.27. The molecule has 0 aromatic heterocycles. The minimum Gasteiger partial charge on any atom is -0.355 e. The number of amides is 1. The minimum absolute atomic E-state index is 0.00769. The Kier molecular flexibility index (Phi) is 5.69. The molecule has 0 unspecified atom stereocenters. The van der Waals surface area contributed by atoms with Crippen molar-refractivity contribution >= 4 is 5.91 Å². The van der Waals surface area contributed by atoms with Gasteiger partial charge in [0.25, 0.3) is 0 Å². The second kappa shape index (κ2) is 6.83. The summed E-state index contributed by atoms with van der Waals surface area (Å²) in [6.45, 7) is 2.74. The van der Waals surface area contributed by atoms with Gasteiger partial charge in [-0.3, -0.25) is 4.79 Å². The first kappa shape index (κ1) is 12.5. The molecule has 0 aliphatic heterocycles. The third-order valence-corrected chi connectivity index (χ3v) is 3.35. The molecule has 3 heteroatoms. The summed E-state index contributed by atoms with van der Waals surface area (Å²) in [4.78, 5) is 11.4. The lowest BCUT2D eigenvalue weighted by molar-refractivity contribution is -0.122. The molecule has 0 aromatic rings. The topological polar surface area (TPSA) is 55.1 Å². The second-order valence-electron chi connectivity index (χ2n) is 4.60. The Bertz CT molecular complexity index is 188. The van der Waals surface area contributed by atoms with Gasteiger partial charge in [0.2, 0.25) is 5.91 Å². The smallest absolute Gasteiger partial charge is 0.236 e. The van der Waals surface area contributed by atoms with E-state index in [1.807, 2.05) is 6.92 Å². The minimum atomic E-state index is -0.323. The molecule has 0 saturated heterocycles. The van der Waals surface area contributed by atoms with Crippen LogP contribution in [0, 0.1) is 5.92 Å². The molecule has 1 saturated carbocycles. The SMILES string of the molecule is CC[C@H](N)C(=O)NCCC1CCCCC1. The Hall–Kier alpha value is -0.570. The van der Waals surface area contributed by atoms with Gasteiger partial charge in [0.1, 0.15) is 0 Å². The van der Waals surface area contributed by atoms with Crippen LogP contribution in [0.3, 0.4) is 0 Å². The number of nitrogens with two attached hydrogens (primary N) is 1. The van der Waals surface area contributed by atoms with Gasteiger partial charge in [-0.1, -0.05) is 39.0 Å². The van der Waals surface area contributed by atoms with Gasteiger partial charge in [0.15, 0.2) is 0 Å². The quantitative estimate of drug-likeness (QED) is 0.730. The Morgan fingerprint density at radius 2 is 2.07 bits per heavy atom. The number of hydrogen-bond donors (Lipinski definition) is 2.